The summed E-state index contributed by atoms with van der Waals surface area (Å²) in [5, 5.41) is 3.34. The number of Topliss-reactive ketones (excluding diaryl/α,β-unsaturated/α-hetero) is 1. The Labute approximate surface area is 200 Å². The van der Waals surface area contributed by atoms with Crippen molar-refractivity contribution < 1.29 is 19.1 Å². The lowest BCUT2D eigenvalue weighted by Gasteiger charge is -2.07. The molecule has 1 saturated heterocycles. The van der Waals surface area contributed by atoms with Crippen LogP contribution in [-0.2, 0) is 9.53 Å². The molecule has 33 heavy (non-hydrogen) atoms. The van der Waals surface area contributed by atoms with Crippen LogP contribution >= 0.6 is 23.1 Å². The number of thiophene rings is 1. The van der Waals surface area contributed by atoms with Crippen molar-refractivity contribution in [1.82, 2.24) is 20.3 Å². The Bertz CT molecular complexity index is 1130. The van der Waals surface area contributed by atoms with E-state index in [0.29, 0.717) is 40.0 Å². The summed E-state index contributed by atoms with van der Waals surface area (Å²) in [6.45, 7) is 3.39. The van der Waals surface area contributed by atoms with Crippen LogP contribution in [0.5, 0.6) is 5.88 Å². The smallest absolute Gasteiger partial charge is 0.213 e. The molecule has 2 aliphatic rings. The molecule has 2 fully saturated rings. The van der Waals surface area contributed by atoms with E-state index < -0.39 is 0 Å². The van der Waals surface area contributed by atoms with Gasteiger partial charge in [0.1, 0.15) is 16.4 Å². The van der Waals surface area contributed by atoms with E-state index in [1.54, 1.807) is 24.5 Å². The second-order valence-electron chi connectivity index (χ2n) is 7.83. The number of nitrogens with one attached hydrogen (secondary N) is 1. The number of hydrogen-bond donors (Lipinski definition) is 1. The highest BCUT2D eigenvalue weighted by Gasteiger charge is 2.21. The van der Waals surface area contributed by atoms with E-state index in [4.69, 9.17) is 9.47 Å². The van der Waals surface area contributed by atoms with Gasteiger partial charge in [0.2, 0.25) is 12.3 Å². The van der Waals surface area contributed by atoms with Gasteiger partial charge in [0.25, 0.3) is 0 Å². The quantitative estimate of drug-likeness (QED) is 0.222. The van der Waals surface area contributed by atoms with Crippen LogP contribution in [0.15, 0.2) is 29.3 Å². The SMILES string of the molecule is COc1ccc2nc(C)nc(SCC(=O)c3ccc([C@@H]4CCOC4)s3)c2n1.O=CNC1CC1. The van der Waals surface area contributed by atoms with Gasteiger partial charge in [0.05, 0.1) is 29.9 Å². The lowest BCUT2D eigenvalue weighted by Crippen LogP contribution is -2.11. The number of methoxy groups -OCH3 is 1. The normalized spacial score (nSPS) is 17.3. The van der Waals surface area contributed by atoms with Gasteiger partial charge in [0.15, 0.2) is 5.78 Å². The summed E-state index contributed by atoms with van der Waals surface area (Å²) in [6.07, 6.45) is 4.15. The molecule has 8 nitrogen and oxygen atoms in total. The fourth-order valence-electron chi connectivity index (χ4n) is 3.33. The predicted molar refractivity (Wildman–Crippen MR) is 128 cm³/mol. The number of aryl methyl sites for hydroxylation is 1. The van der Waals surface area contributed by atoms with Crippen molar-refractivity contribution in [3.63, 3.8) is 0 Å². The lowest BCUT2D eigenvalue weighted by atomic mass is 10.1. The van der Waals surface area contributed by atoms with Gasteiger partial charge in [-0.15, -0.1) is 11.3 Å². The Hall–Kier alpha value is -2.56. The zero-order valence-corrected chi connectivity index (χ0v) is 20.2. The van der Waals surface area contributed by atoms with Crippen LogP contribution in [0.2, 0.25) is 0 Å². The minimum atomic E-state index is 0.0995. The molecule has 0 spiro atoms. The minimum Gasteiger partial charge on any atom is -0.481 e. The highest BCUT2D eigenvalue weighted by Crippen LogP contribution is 2.32. The van der Waals surface area contributed by atoms with Gasteiger partial charge < -0.3 is 14.8 Å². The molecule has 10 heteroatoms. The van der Waals surface area contributed by atoms with Crippen LogP contribution in [0, 0.1) is 6.92 Å². The third kappa shape index (κ3) is 6.27. The maximum Gasteiger partial charge on any atom is 0.213 e. The molecule has 1 atom stereocenters. The number of nitrogens with zero attached hydrogens (tertiary/aromatic N) is 3. The lowest BCUT2D eigenvalue weighted by molar-refractivity contribution is -0.109. The zero-order chi connectivity index (χ0) is 23.2. The number of ketones is 1. The van der Waals surface area contributed by atoms with Gasteiger partial charge in [-0.3, -0.25) is 9.59 Å². The average molecular weight is 487 g/mol. The molecule has 1 amide bonds. The van der Waals surface area contributed by atoms with Crippen LogP contribution < -0.4 is 10.1 Å². The van der Waals surface area contributed by atoms with Crippen LogP contribution in [0.4, 0.5) is 0 Å². The molecule has 4 heterocycles. The van der Waals surface area contributed by atoms with Gasteiger partial charge in [-0.2, -0.15) is 0 Å². The van der Waals surface area contributed by atoms with Crippen molar-refractivity contribution in [2.24, 2.45) is 0 Å². The standard InChI is InChI=1S/C19H19N3O3S2.C4H7NO/c1-11-20-13-3-6-17(24-2)22-18(13)19(21-11)26-10-14(23)16-5-4-15(27-16)12-7-8-25-9-12;6-3-5-4-1-2-4/h3-6,12H,7-10H2,1-2H3;3-4H,1-2H2,(H,5,6)/t12-;/m1./s1. The molecular weight excluding hydrogens is 460 g/mol. The molecule has 0 bridgehead atoms. The minimum absolute atomic E-state index is 0.0995. The largest absolute Gasteiger partial charge is 0.481 e. The Kier molecular flexibility index (Phi) is 7.89. The molecule has 1 aliphatic carbocycles. The second kappa shape index (κ2) is 11.0. The monoisotopic (exact) mass is 486 g/mol. The highest BCUT2D eigenvalue weighted by atomic mass is 32.2. The average Bonchev–Trinajstić information content (AvgIpc) is 3.28. The van der Waals surface area contributed by atoms with Crippen molar-refractivity contribution in [2.75, 3.05) is 26.1 Å². The molecule has 5 rings (SSSR count). The summed E-state index contributed by atoms with van der Waals surface area (Å²) in [5.74, 6) is 2.00. The van der Waals surface area contributed by atoms with E-state index in [1.807, 2.05) is 19.1 Å². The number of amides is 1. The van der Waals surface area contributed by atoms with Crippen molar-refractivity contribution in [3.05, 3.63) is 39.8 Å². The van der Waals surface area contributed by atoms with Gasteiger partial charge in [0, 0.05) is 29.5 Å². The Morgan fingerprint density at radius 1 is 1.24 bits per heavy atom. The van der Waals surface area contributed by atoms with Gasteiger partial charge in [-0.05, 0) is 44.4 Å². The number of carbonyl (C=O) groups is 2. The van der Waals surface area contributed by atoms with Gasteiger partial charge in [-0.25, -0.2) is 15.0 Å². The molecule has 0 radical (unpaired) electrons. The summed E-state index contributed by atoms with van der Waals surface area (Å²) in [7, 11) is 1.57. The van der Waals surface area contributed by atoms with Crippen LogP contribution in [0.3, 0.4) is 0 Å². The van der Waals surface area contributed by atoms with Gasteiger partial charge >= 0.3 is 0 Å². The number of pyridine rings is 1. The highest BCUT2D eigenvalue weighted by molar-refractivity contribution is 8.00. The fourth-order valence-corrected chi connectivity index (χ4v) is 5.39. The first kappa shape index (κ1) is 23.6. The molecule has 3 aromatic heterocycles. The number of ether oxygens (including phenoxy) is 2. The molecule has 174 valence electrons. The second-order valence-corrected chi connectivity index (χ2v) is 9.91. The van der Waals surface area contributed by atoms with Crippen LogP contribution in [0.1, 0.15) is 45.6 Å². The topological polar surface area (TPSA) is 103 Å². The van der Waals surface area contributed by atoms with E-state index in [1.165, 1.54) is 29.5 Å². The van der Waals surface area contributed by atoms with Gasteiger partial charge in [-0.1, -0.05) is 11.8 Å². The van der Waals surface area contributed by atoms with E-state index in [-0.39, 0.29) is 5.78 Å². The predicted octanol–water partition coefficient (Wildman–Crippen LogP) is 3.78. The number of aromatic nitrogens is 3. The first-order chi connectivity index (χ1) is 16.1. The van der Waals surface area contributed by atoms with E-state index in [0.717, 1.165) is 36.4 Å². The summed E-state index contributed by atoms with van der Waals surface area (Å²) in [4.78, 5) is 37.6. The molecule has 1 aliphatic heterocycles. The van der Waals surface area contributed by atoms with E-state index in [9.17, 15) is 9.59 Å². The number of rotatable bonds is 8. The molecule has 1 N–H and O–H groups in total. The van der Waals surface area contributed by atoms with Crippen molar-refractivity contribution in [1.29, 1.82) is 0 Å². The summed E-state index contributed by atoms with van der Waals surface area (Å²) in [6, 6.07) is 8.14. The summed E-state index contributed by atoms with van der Waals surface area (Å²) >= 11 is 2.97. The molecule has 3 aromatic rings. The molecule has 0 unspecified atom stereocenters. The Morgan fingerprint density at radius 2 is 2.09 bits per heavy atom. The number of carbonyl (C=O) groups excluding carboxylic acids is 2. The summed E-state index contributed by atoms with van der Waals surface area (Å²) in [5.41, 5.74) is 1.41. The van der Waals surface area contributed by atoms with Crippen LogP contribution in [-0.4, -0.2) is 59.3 Å². The maximum absolute atomic E-state index is 12.7. The van der Waals surface area contributed by atoms with Crippen molar-refractivity contribution in [2.45, 2.75) is 43.2 Å². The summed E-state index contributed by atoms with van der Waals surface area (Å²) < 4.78 is 10.6. The zero-order valence-electron chi connectivity index (χ0n) is 18.6. The van der Waals surface area contributed by atoms with Crippen molar-refractivity contribution >= 4 is 46.3 Å². The van der Waals surface area contributed by atoms with E-state index in [2.05, 4.69) is 26.3 Å². The van der Waals surface area contributed by atoms with Crippen molar-refractivity contribution in [3.8, 4) is 5.88 Å². The first-order valence-electron chi connectivity index (χ1n) is 10.8. The first-order valence-corrected chi connectivity index (χ1v) is 12.6. The fraction of sp³-hybridized carbons (Fsp3) is 0.435. The Balaban J connectivity index is 0.000000376. The third-order valence-corrected chi connectivity index (χ3v) is 7.51. The molecule has 0 aromatic carbocycles. The molecule has 1 saturated carbocycles. The number of hydrogen-bond acceptors (Lipinski definition) is 9. The van der Waals surface area contributed by atoms with Crippen LogP contribution in [0.25, 0.3) is 11.0 Å². The van der Waals surface area contributed by atoms with E-state index >= 15 is 0 Å². The maximum atomic E-state index is 12.7. The Morgan fingerprint density at radius 3 is 2.76 bits per heavy atom. The number of thioether (sulfide) groups is 1. The third-order valence-electron chi connectivity index (χ3n) is 5.26. The molecular formula is C23H26N4O4S2. The number of fused-ring (bicyclic) bond motifs is 1.